The van der Waals surface area contributed by atoms with E-state index in [9.17, 15) is 0 Å². The molecule has 1 aliphatic rings. The van der Waals surface area contributed by atoms with E-state index < -0.39 is 0 Å². The van der Waals surface area contributed by atoms with E-state index in [2.05, 4.69) is 184 Å². The van der Waals surface area contributed by atoms with Crippen molar-refractivity contribution in [3.63, 3.8) is 0 Å². The fourth-order valence-corrected chi connectivity index (χ4v) is 7.93. The molecule has 5 nitrogen and oxygen atoms in total. The lowest BCUT2D eigenvalue weighted by Gasteiger charge is -2.24. The number of fused-ring (bicyclic) bond motifs is 4. The van der Waals surface area contributed by atoms with Gasteiger partial charge in [0, 0.05) is 29.2 Å². The molecule has 10 rings (SSSR count). The van der Waals surface area contributed by atoms with Crippen molar-refractivity contribution in [3.05, 3.63) is 223 Å². The number of benzene rings is 6. The van der Waals surface area contributed by atoms with Gasteiger partial charge in [0.1, 0.15) is 12.5 Å². The SMILES string of the molecule is c1ccc(C(=C(c2cccc(N3CN(c4ccccc4)c4ccccc43)c2)c2ccc3c4ncccc4n(-c4ccccn4)c3c2)c2ccccc2)cc1. The van der Waals surface area contributed by atoms with E-state index in [1.807, 2.05) is 30.6 Å². The Bertz CT molecular complexity index is 2750. The third-order valence-electron chi connectivity index (χ3n) is 10.3. The van der Waals surface area contributed by atoms with Crippen molar-refractivity contribution in [2.24, 2.45) is 0 Å². The summed E-state index contributed by atoms with van der Waals surface area (Å²) in [6, 6.07) is 66.9. The topological polar surface area (TPSA) is 37.2 Å². The van der Waals surface area contributed by atoms with Crippen LogP contribution in [0.5, 0.6) is 0 Å². The first-order chi connectivity index (χ1) is 26.8. The molecule has 9 aromatic rings. The van der Waals surface area contributed by atoms with Gasteiger partial charge in [-0.15, -0.1) is 0 Å². The highest BCUT2D eigenvalue weighted by Gasteiger charge is 2.28. The lowest BCUT2D eigenvalue weighted by Crippen LogP contribution is -2.23. The molecular weight excluding hydrogens is 659 g/mol. The Morgan fingerprint density at radius 1 is 0.407 bits per heavy atom. The molecule has 0 radical (unpaired) electrons. The number of hydrogen-bond acceptors (Lipinski definition) is 4. The zero-order valence-corrected chi connectivity index (χ0v) is 29.5. The second kappa shape index (κ2) is 13.4. The number of hydrogen-bond donors (Lipinski definition) is 0. The fraction of sp³-hybridized carbons (Fsp3) is 0.0204. The molecule has 3 aromatic heterocycles. The van der Waals surface area contributed by atoms with Gasteiger partial charge in [-0.05, 0) is 106 Å². The van der Waals surface area contributed by atoms with E-state index in [0.29, 0.717) is 6.67 Å². The van der Waals surface area contributed by atoms with Gasteiger partial charge in [0.05, 0.1) is 27.9 Å². The molecule has 4 heterocycles. The molecule has 0 unspecified atom stereocenters. The van der Waals surface area contributed by atoms with Crippen molar-refractivity contribution in [1.82, 2.24) is 14.5 Å². The summed E-state index contributed by atoms with van der Waals surface area (Å²) in [6.07, 6.45) is 3.72. The van der Waals surface area contributed by atoms with Gasteiger partial charge < -0.3 is 9.80 Å². The van der Waals surface area contributed by atoms with Gasteiger partial charge in [0.15, 0.2) is 0 Å². The van der Waals surface area contributed by atoms with Crippen LogP contribution < -0.4 is 9.80 Å². The van der Waals surface area contributed by atoms with Crippen molar-refractivity contribution < 1.29 is 0 Å². The Labute approximate surface area is 314 Å². The van der Waals surface area contributed by atoms with E-state index in [1.54, 1.807) is 0 Å². The summed E-state index contributed by atoms with van der Waals surface area (Å²) in [7, 11) is 0. The molecular formula is C49H35N5. The van der Waals surface area contributed by atoms with Crippen molar-refractivity contribution in [3.8, 4) is 5.82 Å². The van der Waals surface area contributed by atoms with Gasteiger partial charge >= 0.3 is 0 Å². The number of nitrogens with zero attached hydrogens (tertiary/aromatic N) is 5. The second-order valence-corrected chi connectivity index (χ2v) is 13.5. The normalized spacial score (nSPS) is 12.3. The molecule has 0 saturated carbocycles. The van der Waals surface area contributed by atoms with Crippen molar-refractivity contribution in [2.75, 3.05) is 16.5 Å². The summed E-state index contributed by atoms with van der Waals surface area (Å²) in [5.74, 6) is 0.859. The Balaban J connectivity index is 1.22. The average molecular weight is 694 g/mol. The average Bonchev–Trinajstić information content (AvgIpc) is 3.80. The molecule has 54 heavy (non-hydrogen) atoms. The second-order valence-electron chi connectivity index (χ2n) is 13.5. The monoisotopic (exact) mass is 693 g/mol. The van der Waals surface area contributed by atoms with Gasteiger partial charge in [0.2, 0.25) is 0 Å². The summed E-state index contributed by atoms with van der Waals surface area (Å²) in [5.41, 5.74) is 14.6. The molecule has 0 atom stereocenters. The smallest absolute Gasteiger partial charge is 0.137 e. The van der Waals surface area contributed by atoms with Crippen LogP contribution in [0, 0.1) is 0 Å². The quantitative estimate of drug-likeness (QED) is 0.156. The minimum absolute atomic E-state index is 0.708. The van der Waals surface area contributed by atoms with Crippen LogP contribution in [0.4, 0.5) is 22.7 Å². The number of rotatable bonds is 7. The first-order valence-corrected chi connectivity index (χ1v) is 18.3. The van der Waals surface area contributed by atoms with Crippen molar-refractivity contribution in [2.45, 2.75) is 0 Å². The summed E-state index contributed by atoms with van der Waals surface area (Å²) < 4.78 is 2.24. The summed E-state index contributed by atoms with van der Waals surface area (Å²) in [5, 5.41) is 1.09. The maximum absolute atomic E-state index is 4.85. The van der Waals surface area contributed by atoms with Crippen LogP contribution in [0.15, 0.2) is 200 Å². The third-order valence-corrected chi connectivity index (χ3v) is 10.3. The highest BCUT2D eigenvalue weighted by molar-refractivity contribution is 6.10. The third kappa shape index (κ3) is 5.42. The molecule has 1 aliphatic heterocycles. The summed E-state index contributed by atoms with van der Waals surface area (Å²) in [4.78, 5) is 14.5. The van der Waals surface area contributed by atoms with E-state index >= 15 is 0 Å². The minimum Gasteiger partial charge on any atom is -0.321 e. The standard InChI is InChI=1S/C49H35N5/c1-4-16-35(17-5-1)47(36-18-6-2-7-19-36)48(38-28-29-41-45(33-38)54(46-27-12-13-30-50-46)44-26-15-31-51-49(41)44)37-20-14-23-40(32-37)53-34-52(39-21-8-3-9-22-39)42-24-10-11-25-43(42)53/h1-33H,34H2. The van der Waals surface area contributed by atoms with Crippen LogP contribution in [0.2, 0.25) is 0 Å². The Morgan fingerprint density at radius 2 is 0.981 bits per heavy atom. The lowest BCUT2D eigenvalue weighted by atomic mass is 9.85. The molecule has 0 amide bonds. The Hall–Kier alpha value is -7.24. The first kappa shape index (κ1) is 31.5. The number of pyridine rings is 2. The van der Waals surface area contributed by atoms with Crippen LogP contribution in [0.1, 0.15) is 22.3 Å². The van der Waals surface area contributed by atoms with E-state index in [0.717, 1.165) is 61.3 Å². The molecule has 0 spiro atoms. The van der Waals surface area contributed by atoms with Crippen LogP contribution in [-0.4, -0.2) is 21.2 Å². The summed E-state index contributed by atoms with van der Waals surface area (Å²) >= 11 is 0. The molecule has 0 saturated heterocycles. The molecule has 0 aliphatic carbocycles. The van der Waals surface area contributed by atoms with Crippen LogP contribution in [0.3, 0.4) is 0 Å². The van der Waals surface area contributed by atoms with Gasteiger partial charge in [-0.2, -0.15) is 0 Å². The van der Waals surface area contributed by atoms with Crippen LogP contribution in [-0.2, 0) is 0 Å². The molecule has 5 heteroatoms. The van der Waals surface area contributed by atoms with Gasteiger partial charge in [-0.3, -0.25) is 9.55 Å². The zero-order chi connectivity index (χ0) is 35.8. The first-order valence-electron chi connectivity index (χ1n) is 18.3. The van der Waals surface area contributed by atoms with E-state index in [-0.39, 0.29) is 0 Å². The largest absolute Gasteiger partial charge is 0.321 e. The fourth-order valence-electron chi connectivity index (χ4n) is 7.93. The lowest BCUT2D eigenvalue weighted by molar-refractivity contribution is 0.991. The van der Waals surface area contributed by atoms with Crippen molar-refractivity contribution >= 4 is 55.8 Å². The number of anilines is 4. The van der Waals surface area contributed by atoms with Crippen LogP contribution >= 0.6 is 0 Å². The Kier molecular flexibility index (Phi) is 7.81. The number of aromatic nitrogens is 3. The maximum atomic E-state index is 4.85. The molecule has 0 bridgehead atoms. The predicted octanol–water partition coefficient (Wildman–Crippen LogP) is 11.8. The van der Waals surface area contributed by atoms with Gasteiger partial charge in [-0.1, -0.05) is 115 Å². The number of para-hydroxylation sites is 3. The van der Waals surface area contributed by atoms with Gasteiger partial charge in [-0.25, -0.2) is 4.98 Å². The summed E-state index contributed by atoms with van der Waals surface area (Å²) in [6.45, 7) is 0.708. The van der Waals surface area contributed by atoms with E-state index in [1.165, 1.54) is 22.6 Å². The molecule has 0 N–H and O–H groups in total. The highest BCUT2D eigenvalue weighted by atomic mass is 15.4. The Morgan fingerprint density at radius 3 is 1.69 bits per heavy atom. The highest BCUT2D eigenvalue weighted by Crippen LogP contribution is 2.46. The van der Waals surface area contributed by atoms with Gasteiger partial charge in [0.25, 0.3) is 0 Å². The molecule has 0 fully saturated rings. The minimum atomic E-state index is 0.708. The van der Waals surface area contributed by atoms with E-state index in [4.69, 9.17) is 9.97 Å². The maximum Gasteiger partial charge on any atom is 0.137 e. The predicted molar refractivity (Wildman–Crippen MR) is 223 cm³/mol. The molecule has 6 aromatic carbocycles. The van der Waals surface area contributed by atoms with Crippen molar-refractivity contribution in [1.29, 1.82) is 0 Å². The van der Waals surface area contributed by atoms with Crippen LogP contribution in [0.25, 0.3) is 38.9 Å². The molecule has 256 valence electrons. The zero-order valence-electron chi connectivity index (χ0n) is 29.5.